The van der Waals surface area contributed by atoms with E-state index in [1.807, 2.05) is 6.07 Å². The van der Waals surface area contributed by atoms with E-state index in [2.05, 4.69) is 16.5 Å². The van der Waals surface area contributed by atoms with Gasteiger partial charge in [-0.25, -0.2) is 9.18 Å². The Hall–Kier alpha value is -2.66. The monoisotopic (exact) mass is 338 g/mol. The number of carboxylic acids is 1. The lowest BCUT2D eigenvalue weighted by Gasteiger charge is -2.24. The van der Waals surface area contributed by atoms with E-state index < -0.39 is 5.97 Å². The number of carboxylic acid groups (broad SMARTS) is 1. The highest BCUT2D eigenvalue weighted by Crippen LogP contribution is 2.32. The number of carbonyl (C=O) groups is 1. The molecule has 128 valence electrons. The largest absolute Gasteiger partial charge is 0.478 e. The molecule has 0 spiro atoms. The molecule has 0 radical (unpaired) electrons. The number of aromatic carboxylic acids is 1. The maximum Gasteiger partial charge on any atom is 0.335 e. The van der Waals surface area contributed by atoms with Crippen molar-refractivity contribution in [3.8, 4) is 0 Å². The van der Waals surface area contributed by atoms with Crippen molar-refractivity contribution in [3.05, 3.63) is 70.7 Å². The first-order valence-corrected chi connectivity index (χ1v) is 8.33. The normalized spacial score (nSPS) is 14.6. The number of likely N-dealkylation sites (N-methyl/N-ethyl adjacent to an activating group) is 1. The van der Waals surface area contributed by atoms with Crippen LogP contribution in [0.3, 0.4) is 0 Å². The topological polar surface area (TPSA) is 45.5 Å². The molecule has 0 saturated heterocycles. The highest BCUT2D eigenvalue weighted by atomic mass is 19.1. The van der Waals surface area contributed by atoms with Gasteiger partial charge in [-0.05, 0) is 48.5 Å². The Morgan fingerprint density at radius 2 is 1.96 bits per heavy atom. The van der Waals surface area contributed by atoms with Crippen molar-refractivity contribution >= 4 is 16.9 Å². The summed E-state index contributed by atoms with van der Waals surface area (Å²) in [4.78, 5) is 13.6. The average Bonchev–Trinajstić information content (AvgIpc) is 2.89. The summed E-state index contributed by atoms with van der Waals surface area (Å²) in [5, 5.41) is 10.3. The minimum absolute atomic E-state index is 0.240. The van der Waals surface area contributed by atoms with Gasteiger partial charge in [0.2, 0.25) is 0 Å². The molecule has 4 nitrogen and oxygen atoms in total. The van der Waals surface area contributed by atoms with E-state index in [-0.39, 0.29) is 5.82 Å². The van der Waals surface area contributed by atoms with Crippen molar-refractivity contribution in [2.45, 2.75) is 19.5 Å². The van der Waals surface area contributed by atoms with Gasteiger partial charge < -0.3 is 14.6 Å². The summed E-state index contributed by atoms with van der Waals surface area (Å²) in [5.74, 6) is -1.15. The summed E-state index contributed by atoms with van der Waals surface area (Å²) in [6.45, 7) is 2.44. The minimum Gasteiger partial charge on any atom is -0.478 e. The molecule has 0 atom stereocenters. The number of halogens is 1. The Bertz CT molecular complexity index is 960. The van der Waals surface area contributed by atoms with E-state index in [0.29, 0.717) is 12.1 Å². The van der Waals surface area contributed by atoms with Crippen LogP contribution in [-0.4, -0.2) is 34.1 Å². The van der Waals surface area contributed by atoms with Crippen LogP contribution in [0.25, 0.3) is 10.9 Å². The van der Waals surface area contributed by atoms with Crippen LogP contribution in [-0.2, 0) is 19.5 Å². The van der Waals surface area contributed by atoms with E-state index in [1.54, 1.807) is 24.3 Å². The number of rotatable bonds is 3. The molecule has 4 rings (SSSR count). The second-order valence-electron chi connectivity index (χ2n) is 6.66. The molecule has 3 aromatic rings. The summed E-state index contributed by atoms with van der Waals surface area (Å²) in [7, 11) is 2.08. The predicted molar refractivity (Wildman–Crippen MR) is 94.4 cm³/mol. The Balaban J connectivity index is 1.88. The van der Waals surface area contributed by atoms with Crippen molar-refractivity contribution in [2.24, 2.45) is 0 Å². The van der Waals surface area contributed by atoms with Crippen molar-refractivity contribution in [1.29, 1.82) is 0 Å². The lowest BCUT2D eigenvalue weighted by Crippen LogP contribution is -2.27. The Morgan fingerprint density at radius 1 is 1.20 bits per heavy atom. The minimum atomic E-state index is -0.911. The van der Waals surface area contributed by atoms with Gasteiger partial charge in [-0.15, -0.1) is 0 Å². The Kier molecular flexibility index (Phi) is 3.81. The highest BCUT2D eigenvalue weighted by molar-refractivity contribution is 5.95. The maximum absolute atomic E-state index is 13.2. The molecule has 0 unspecified atom stereocenters. The van der Waals surface area contributed by atoms with E-state index in [4.69, 9.17) is 0 Å². The maximum atomic E-state index is 13.2. The molecule has 0 saturated carbocycles. The molecule has 2 heterocycles. The van der Waals surface area contributed by atoms with Crippen LogP contribution in [0, 0.1) is 5.82 Å². The summed E-state index contributed by atoms with van der Waals surface area (Å²) in [6, 6.07) is 11.9. The van der Waals surface area contributed by atoms with Crippen LogP contribution in [0.1, 0.15) is 27.2 Å². The SMILES string of the molecule is CN1CCc2c(c3cc(C(=O)O)ccc3n2Cc2ccc(F)cc2)C1. The molecule has 2 aromatic carbocycles. The number of fused-ring (bicyclic) bond motifs is 3. The lowest BCUT2D eigenvalue weighted by atomic mass is 10.0. The van der Waals surface area contributed by atoms with Crippen molar-refractivity contribution < 1.29 is 14.3 Å². The van der Waals surface area contributed by atoms with Crippen molar-refractivity contribution in [1.82, 2.24) is 9.47 Å². The van der Waals surface area contributed by atoms with Crippen LogP contribution in [0.5, 0.6) is 0 Å². The fraction of sp³-hybridized carbons (Fsp3) is 0.250. The van der Waals surface area contributed by atoms with Gasteiger partial charge >= 0.3 is 5.97 Å². The van der Waals surface area contributed by atoms with Gasteiger partial charge in [0.05, 0.1) is 5.56 Å². The average molecular weight is 338 g/mol. The lowest BCUT2D eigenvalue weighted by molar-refractivity contribution is 0.0697. The first-order valence-electron chi connectivity index (χ1n) is 8.33. The summed E-state index contributed by atoms with van der Waals surface area (Å²) in [6.07, 6.45) is 0.921. The third kappa shape index (κ3) is 2.81. The van der Waals surface area contributed by atoms with Crippen LogP contribution in [0.15, 0.2) is 42.5 Å². The van der Waals surface area contributed by atoms with Gasteiger partial charge in [0.15, 0.2) is 0 Å². The fourth-order valence-corrected chi connectivity index (χ4v) is 3.67. The molecule has 0 fully saturated rings. The third-order valence-corrected chi connectivity index (χ3v) is 4.95. The third-order valence-electron chi connectivity index (χ3n) is 4.95. The van der Waals surface area contributed by atoms with Gasteiger partial charge in [0, 0.05) is 42.7 Å². The molecule has 0 aliphatic carbocycles. The van der Waals surface area contributed by atoms with E-state index in [9.17, 15) is 14.3 Å². The fourth-order valence-electron chi connectivity index (χ4n) is 3.67. The molecular formula is C20H19FN2O2. The number of benzene rings is 2. The first-order chi connectivity index (χ1) is 12.0. The summed E-state index contributed by atoms with van der Waals surface area (Å²) >= 11 is 0. The molecule has 5 heteroatoms. The molecule has 0 amide bonds. The van der Waals surface area contributed by atoms with Crippen molar-refractivity contribution in [3.63, 3.8) is 0 Å². The van der Waals surface area contributed by atoms with E-state index in [1.165, 1.54) is 23.4 Å². The molecular weight excluding hydrogens is 319 g/mol. The molecule has 1 aliphatic heterocycles. The number of nitrogens with zero attached hydrogens (tertiary/aromatic N) is 2. The zero-order chi connectivity index (χ0) is 17.6. The highest BCUT2D eigenvalue weighted by Gasteiger charge is 2.23. The number of hydrogen-bond acceptors (Lipinski definition) is 2. The Labute approximate surface area is 145 Å². The molecule has 1 N–H and O–H groups in total. The predicted octanol–water partition coefficient (Wildman–Crippen LogP) is 3.51. The van der Waals surface area contributed by atoms with Crippen molar-refractivity contribution in [2.75, 3.05) is 13.6 Å². The van der Waals surface area contributed by atoms with Gasteiger partial charge in [-0.1, -0.05) is 12.1 Å². The number of aromatic nitrogens is 1. The van der Waals surface area contributed by atoms with E-state index in [0.717, 1.165) is 36.0 Å². The Morgan fingerprint density at radius 3 is 2.68 bits per heavy atom. The molecule has 0 bridgehead atoms. The smallest absolute Gasteiger partial charge is 0.335 e. The van der Waals surface area contributed by atoms with Crippen LogP contribution in [0.4, 0.5) is 4.39 Å². The second-order valence-corrected chi connectivity index (χ2v) is 6.66. The standard InChI is InChI=1S/C20H19FN2O2/c1-22-9-8-19-17(12-22)16-10-14(20(24)25)4-7-18(16)23(19)11-13-2-5-15(21)6-3-13/h2-7,10H,8-9,11-12H2,1H3,(H,24,25). The van der Waals surface area contributed by atoms with Crippen LogP contribution < -0.4 is 0 Å². The molecule has 1 aromatic heterocycles. The van der Waals surface area contributed by atoms with Gasteiger partial charge in [-0.2, -0.15) is 0 Å². The van der Waals surface area contributed by atoms with Gasteiger partial charge in [-0.3, -0.25) is 0 Å². The number of hydrogen-bond donors (Lipinski definition) is 1. The zero-order valence-electron chi connectivity index (χ0n) is 14.0. The molecule has 1 aliphatic rings. The van der Waals surface area contributed by atoms with Crippen LogP contribution in [0.2, 0.25) is 0 Å². The van der Waals surface area contributed by atoms with Gasteiger partial charge in [0.25, 0.3) is 0 Å². The summed E-state index contributed by atoms with van der Waals surface area (Å²) < 4.78 is 15.4. The second kappa shape index (κ2) is 6.01. The zero-order valence-corrected chi connectivity index (χ0v) is 14.0. The quantitative estimate of drug-likeness (QED) is 0.795. The van der Waals surface area contributed by atoms with E-state index >= 15 is 0 Å². The van der Waals surface area contributed by atoms with Crippen LogP contribution >= 0.6 is 0 Å². The first kappa shape index (κ1) is 15.8. The summed E-state index contributed by atoms with van der Waals surface area (Å²) in [5.41, 5.74) is 4.83. The molecule has 25 heavy (non-hydrogen) atoms. The van der Waals surface area contributed by atoms with Gasteiger partial charge in [0.1, 0.15) is 5.82 Å².